The maximum absolute atomic E-state index is 9.18. The molecule has 0 aromatic carbocycles. The van der Waals surface area contributed by atoms with Crippen LogP contribution in [0.1, 0.15) is 25.7 Å². The Morgan fingerprint density at radius 3 is 2.62 bits per heavy atom. The zero-order valence-corrected chi connectivity index (χ0v) is 9.86. The standard InChI is InChI=1S/C12H23NO3/c14-7-12(13-11-1-2-11)9-16-8-10-3-5-15-6-4-10/h10-14H,1-9H2. The fourth-order valence-corrected chi connectivity index (χ4v) is 2.03. The largest absolute Gasteiger partial charge is 0.395 e. The first-order valence-corrected chi connectivity index (χ1v) is 6.41. The van der Waals surface area contributed by atoms with Crippen LogP contribution in [0.25, 0.3) is 0 Å². The van der Waals surface area contributed by atoms with Crippen molar-refractivity contribution in [3.63, 3.8) is 0 Å². The van der Waals surface area contributed by atoms with Gasteiger partial charge in [0.2, 0.25) is 0 Å². The van der Waals surface area contributed by atoms with Gasteiger partial charge in [-0.15, -0.1) is 0 Å². The average Bonchev–Trinajstić information content (AvgIpc) is 3.13. The van der Waals surface area contributed by atoms with Gasteiger partial charge >= 0.3 is 0 Å². The third-order valence-electron chi connectivity index (χ3n) is 3.28. The van der Waals surface area contributed by atoms with Crippen LogP contribution in [0.2, 0.25) is 0 Å². The summed E-state index contributed by atoms with van der Waals surface area (Å²) in [4.78, 5) is 0. The molecule has 0 amide bonds. The average molecular weight is 229 g/mol. The first kappa shape index (κ1) is 12.3. The van der Waals surface area contributed by atoms with Gasteiger partial charge in [-0.25, -0.2) is 0 Å². The first-order valence-electron chi connectivity index (χ1n) is 6.41. The molecule has 1 aliphatic heterocycles. The molecule has 1 atom stereocenters. The van der Waals surface area contributed by atoms with Crippen molar-refractivity contribution in [2.75, 3.05) is 33.0 Å². The molecule has 4 nitrogen and oxygen atoms in total. The second kappa shape index (κ2) is 6.55. The van der Waals surface area contributed by atoms with Gasteiger partial charge in [-0.1, -0.05) is 0 Å². The highest BCUT2D eigenvalue weighted by Crippen LogP contribution is 2.19. The van der Waals surface area contributed by atoms with E-state index in [0.29, 0.717) is 18.6 Å². The number of hydrogen-bond acceptors (Lipinski definition) is 4. The molecule has 2 fully saturated rings. The van der Waals surface area contributed by atoms with Crippen LogP contribution in [0.15, 0.2) is 0 Å². The highest BCUT2D eigenvalue weighted by atomic mass is 16.5. The number of rotatable bonds is 7. The molecular weight excluding hydrogens is 206 g/mol. The second-order valence-electron chi connectivity index (χ2n) is 4.91. The summed E-state index contributed by atoms with van der Waals surface area (Å²) in [7, 11) is 0. The van der Waals surface area contributed by atoms with Gasteiger partial charge < -0.3 is 19.9 Å². The molecule has 0 spiro atoms. The lowest BCUT2D eigenvalue weighted by molar-refractivity contribution is 0.0108. The van der Waals surface area contributed by atoms with Crippen molar-refractivity contribution in [2.45, 2.75) is 37.8 Å². The smallest absolute Gasteiger partial charge is 0.0642 e. The minimum atomic E-state index is 0.118. The Bertz CT molecular complexity index is 191. The molecule has 94 valence electrons. The van der Waals surface area contributed by atoms with Gasteiger partial charge in [0.05, 0.1) is 19.3 Å². The lowest BCUT2D eigenvalue weighted by Crippen LogP contribution is -2.38. The van der Waals surface area contributed by atoms with E-state index in [0.717, 1.165) is 32.7 Å². The zero-order chi connectivity index (χ0) is 11.2. The molecule has 1 heterocycles. The molecule has 0 aromatic heterocycles. The van der Waals surface area contributed by atoms with Crippen molar-refractivity contribution < 1.29 is 14.6 Å². The van der Waals surface area contributed by atoms with Crippen LogP contribution < -0.4 is 5.32 Å². The molecule has 0 bridgehead atoms. The number of aliphatic hydroxyl groups is 1. The molecule has 2 N–H and O–H groups in total. The molecule has 1 saturated carbocycles. The number of nitrogens with one attached hydrogen (secondary N) is 1. The summed E-state index contributed by atoms with van der Waals surface area (Å²) in [5.74, 6) is 0.647. The van der Waals surface area contributed by atoms with Gasteiger partial charge in [0, 0.05) is 25.9 Å². The summed E-state index contributed by atoms with van der Waals surface area (Å²) < 4.78 is 11.0. The molecule has 2 rings (SSSR count). The van der Waals surface area contributed by atoms with E-state index in [2.05, 4.69) is 5.32 Å². The third-order valence-corrected chi connectivity index (χ3v) is 3.28. The van der Waals surface area contributed by atoms with Gasteiger partial charge in [-0.05, 0) is 31.6 Å². The SMILES string of the molecule is OCC(COCC1CCOCC1)NC1CC1. The topological polar surface area (TPSA) is 50.7 Å². The number of aliphatic hydroxyl groups excluding tert-OH is 1. The summed E-state index contributed by atoms with van der Waals surface area (Å²) in [6, 6.07) is 0.746. The first-order chi connectivity index (χ1) is 7.88. The van der Waals surface area contributed by atoms with Gasteiger partial charge in [-0.2, -0.15) is 0 Å². The fraction of sp³-hybridized carbons (Fsp3) is 1.00. The van der Waals surface area contributed by atoms with Crippen LogP contribution in [0.5, 0.6) is 0 Å². The van der Waals surface area contributed by atoms with Crippen molar-refractivity contribution in [2.24, 2.45) is 5.92 Å². The Balaban J connectivity index is 1.54. The van der Waals surface area contributed by atoms with Crippen LogP contribution in [-0.2, 0) is 9.47 Å². The van der Waals surface area contributed by atoms with Crippen molar-refractivity contribution in [1.82, 2.24) is 5.32 Å². The van der Waals surface area contributed by atoms with Crippen molar-refractivity contribution in [3.05, 3.63) is 0 Å². The molecular formula is C12H23NO3. The van der Waals surface area contributed by atoms with E-state index in [1.165, 1.54) is 12.8 Å². The molecule has 2 aliphatic rings. The van der Waals surface area contributed by atoms with E-state index in [1.54, 1.807) is 0 Å². The van der Waals surface area contributed by atoms with Crippen LogP contribution in [0, 0.1) is 5.92 Å². The monoisotopic (exact) mass is 229 g/mol. The zero-order valence-electron chi connectivity index (χ0n) is 9.86. The Kier molecular flexibility index (Phi) is 5.03. The minimum Gasteiger partial charge on any atom is -0.395 e. The predicted octanol–water partition coefficient (Wildman–Crippen LogP) is 0.542. The summed E-state index contributed by atoms with van der Waals surface area (Å²) in [6.07, 6.45) is 4.71. The number of hydrogen-bond donors (Lipinski definition) is 2. The van der Waals surface area contributed by atoms with Crippen LogP contribution in [-0.4, -0.2) is 50.2 Å². The Morgan fingerprint density at radius 2 is 2.00 bits per heavy atom. The maximum Gasteiger partial charge on any atom is 0.0642 e. The Morgan fingerprint density at radius 1 is 1.25 bits per heavy atom. The third kappa shape index (κ3) is 4.37. The molecule has 4 heteroatoms. The highest BCUT2D eigenvalue weighted by Gasteiger charge is 2.24. The lowest BCUT2D eigenvalue weighted by Gasteiger charge is -2.23. The lowest BCUT2D eigenvalue weighted by atomic mass is 10.0. The quantitative estimate of drug-likeness (QED) is 0.669. The van der Waals surface area contributed by atoms with Crippen molar-refractivity contribution >= 4 is 0 Å². The molecule has 1 aliphatic carbocycles. The van der Waals surface area contributed by atoms with Gasteiger partial charge in [0.15, 0.2) is 0 Å². The highest BCUT2D eigenvalue weighted by molar-refractivity contribution is 4.84. The van der Waals surface area contributed by atoms with Crippen molar-refractivity contribution in [3.8, 4) is 0 Å². The Hall–Kier alpha value is -0.160. The van der Waals surface area contributed by atoms with E-state index in [-0.39, 0.29) is 12.6 Å². The van der Waals surface area contributed by atoms with E-state index in [4.69, 9.17) is 9.47 Å². The maximum atomic E-state index is 9.18. The van der Waals surface area contributed by atoms with E-state index < -0.39 is 0 Å². The summed E-state index contributed by atoms with van der Waals surface area (Å²) in [6.45, 7) is 3.36. The second-order valence-corrected chi connectivity index (χ2v) is 4.91. The number of ether oxygens (including phenoxy) is 2. The molecule has 1 unspecified atom stereocenters. The van der Waals surface area contributed by atoms with Crippen molar-refractivity contribution in [1.29, 1.82) is 0 Å². The van der Waals surface area contributed by atoms with E-state index >= 15 is 0 Å². The molecule has 1 saturated heterocycles. The van der Waals surface area contributed by atoms with Crippen LogP contribution in [0.3, 0.4) is 0 Å². The molecule has 0 radical (unpaired) electrons. The summed E-state index contributed by atoms with van der Waals surface area (Å²) in [5, 5.41) is 12.6. The van der Waals surface area contributed by atoms with Gasteiger partial charge in [0.1, 0.15) is 0 Å². The van der Waals surface area contributed by atoms with E-state index in [1.807, 2.05) is 0 Å². The van der Waals surface area contributed by atoms with Crippen LogP contribution >= 0.6 is 0 Å². The summed E-state index contributed by atoms with van der Waals surface area (Å²) in [5.41, 5.74) is 0. The van der Waals surface area contributed by atoms with E-state index in [9.17, 15) is 5.11 Å². The minimum absolute atomic E-state index is 0.118. The predicted molar refractivity (Wildman–Crippen MR) is 61.4 cm³/mol. The molecule has 16 heavy (non-hydrogen) atoms. The summed E-state index contributed by atoms with van der Waals surface area (Å²) >= 11 is 0. The Labute approximate surface area is 97.3 Å². The van der Waals surface area contributed by atoms with Gasteiger partial charge in [-0.3, -0.25) is 0 Å². The fourth-order valence-electron chi connectivity index (χ4n) is 2.03. The van der Waals surface area contributed by atoms with Gasteiger partial charge in [0.25, 0.3) is 0 Å². The normalized spacial score (nSPS) is 24.6. The molecule has 0 aromatic rings. The van der Waals surface area contributed by atoms with Crippen LogP contribution in [0.4, 0.5) is 0 Å².